The molecule has 1 N–H and O–H groups in total. The second-order valence-corrected chi connectivity index (χ2v) is 7.91. The quantitative estimate of drug-likeness (QED) is 0.803. The highest BCUT2D eigenvalue weighted by Crippen LogP contribution is 2.34. The van der Waals surface area contributed by atoms with E-state index in [1.165, 1.54) is 17.0 Å². The van der Waals surface area contributed by atoms with Crippen LogP contribution in [-0.4, -0.2) is 10.5 Å². The average Bonchev–Trinajstić information content (AvgIpc) is 2.81. The first-order valence-corrected chi connectivity index (χ1v) is 8.60. The van der Waals surface area contributed by atoms with Crippen LogP contribution in [-0.2, 0) is 13.0 Å². The summed E-state index contributed by atoms with van der Waals surface area (Å²) in [6.45, 7) is 9.31. The topological polar surface area (TPSA) is 24.9 Å². The lowest BCUT2D eigenvalue weighted by Crippen LogP contribution is -2.35. The van der Waals surface area contributed by atoms with Crippen LogP contribution in [0.25, 0.3) is 10.6 Å². The molecule has 0 spiro atoms. The molecule has 1 heterocycles. The van der Waals surface area contributed by atoms with Crippen LogP contribution in [0.15, 0.2) is 22.7 Å². The minimum Gasteiger partial charge on any atom is -0.307 e. The standard InChI is InChI=1S/C16H20BrFN2S/c1-5-13-14(9-19-16(2,3)4)21-15(20-13)11-8-10(18)6-7-12(11)17/h6-8,19H,5,9H2,1-4H3. The Labute approximate surface area is 137 Å². The summed E-state index contributed by atoms with van der Waals surface area (Å²) >= 11 is 5.11. The van der Waals surface area contributed by atoms with Crippen molar-refractivity contribution in [3.05, 3.63) is 39.1 Å². The second kappa shape index (κ2) is 6.55. The van der Waals surface area contributed by atoms with Crippen LogP contribution in [0.2, 0.25) is 0 Å². The molecule has 5 heteroatoms. The molecule has 0 saturated heterocycles. The first-order chi connectivity index (χ1) is 9.80. The third kappa shape index (κ3) is 4.34. The van der Waals surface area contributed by atoms with E-state index in [4.69, 9.17) is 0 Å². The van der Waals surface area contributed by atoms with Gasteiger partial charge < -0.3 is 5.32 Å². The zero-order valence-corrected chi connectivity index (χ0v) is 15.2. The molecular weight excluding hydrogens is 351 g/mol. The van der Waals surface area contributed by atoms with Gasteiger partial charge >= 0.3 is 0 Å². The Morgan fingerprint density at radius 2 is 2.05 bits per heavy atom. The molecule has 0 atom stereocenters. The Hall–Kier alpha value is -0.780. The van der Waals surface area contributed by atoms with Crippen LogP contribution in [0.3, 0.4) is 0 Å². The first-order valence-electron chi connectivity index (χ1n) is 6.99. The number of nitrogens with zero attached hydrogens (tertiary/aromatic N) is 1. The molecule has 0 saturated carbocycles. The third-order valence-electron chi connectivity index (χ3n) is 3.05. The van der Waals surface area contributed by atoms with Gasteiger partial charge in [-0.25, -0.2) is 9.37 Å². The Morgan fingerprint density at radius 3 is 2.67 bits per heavy atom. The molecule has 0 aliphatic rings. The fourth-order valence-electron chi connectivity index (χ4n) is 1.92. The lowest BCUT2D eigenvalue weighted by atomic mass is 10.1. The summed E-state index contributed by atoms with van der Waals surface area (Å²) < 4.78 is 14.3. The maximum Gasteiger partial charge on any atom is 0.125 e. The molecule has 0 amide bonds. The van der Waals surface area contributed by atoms with E-state index in [1.54, 1.807) is 17.4 Å². The molecule has 0 aliphatic carbocycles. The smallest absolute Gasteiger partial charge is 0.125 e. The summed E-state index contributed by atoms with van der Waals surface area (Å²) in [4.78, 5) is 5.90. The lowest BCUT2D eigenvalue weighted by Gasteiger charge is -2.20. The summed E-state index contributed by atoms with van der Waals surface area (Å²) in [5, 5.41) is 4.35. The van der Waals surface area contributed by atoms with E-state index in [-0.39, 0.29) is 11.4 Å². The molecular formula is C16H20BrFN2S. The molecule has 2 aromatic rings. The van der Waals surface area contributed by atoms with E-state index < -0.39 is 0 Å². The number of aromatic nitrogens is 1. The van der Waals surface area contributed by atoms with E-state index >= 15 is 0 Å². The van der Waals surface area contributed by atoms with Crippen LogP contribution in [0, 0.1) is 5.82 Å². The summed E-state index contributed by atoms with van der Waals surface area (Å²) in [5.74, 6) is -0.240. The van der Waals surface area contributed by atoms with Crippen molar-refractivity contribution in [2.75, 3.05) is 0 Å². The van der Waals surface area contributed by atoms with E-state index in [0.717, 1.165) is 33.7 Å². The fourth-order valence-corrected chi connectivity index (χ4v) is 3.61. The average molecular weight is 371 g/mol. The molecule has 114 valence electrons. The lowest BCUT2D eigenvalue weighted by molar-refractivity contribution is 0.425. The van der Waals surface area contributed by atoms with Gasteiger partial charge in [0.2, 0.25) is 0 Å². The van der Waals surface area contributed by atoms with Crippen molar-refractivity contribution in [2.45, 2.75) is 46.2 Å². The van der Waals surface area contributed by atoms with Crippen molar-refractivity contribution in [2.24, 2.45) is 0 Å². The SMILES string of the molecule is CCc1nc(-c2cc(F)ccc2Br)sc1CNC(C)(C)C. The monoisotopic (exact) mass is 370 g/mol. The van der Waals surface area contributed by atoms with E-state index in [2.05, 4.69) is 53.9 Å². The van der Waals surface area contributed by atoms with Crippen LogP contribution in [0.1, 0.15) is 38.3 Å². The van der Waals surface area contributed by atoms with Crippen LogP contribution in [0.4, 0.5) is 4.39 Å². The number of rotatable bonds is 4. The molecule has 0 radical (unpaired) electrons. The summed E-state index contributed by atoms with van der Waals surface area (Å²) in [6.07, 6.45) is 0.880. The van der Waals surface area contributed by atoms with E-state index in [9.17, 15) is 4.39 Å². The number of hydrogen-bond acceptors (Lipinski definition) is 3. The molecule has 0 unspecified atom stereocenters. The van der Waals surface area contributed by atoms with Gasteiger partial charge in [-0.15, -0.1) is 11.3 Å². The van der Waals surface area contributed by atoms with E-state index in [0.29, 0.717) is 0 Å². The number of hydrogen-bond donors (Lipinski definition) is 1. The Morgan fingerprint density at radius 1 is 1.33 bits per heavy atom. The van der Waals surface area contributed by atoms with Gasteiger partial charge in [-0.05, 0) is 45.4 Å². The van der Waals surface area contributed by atoms with E-state index in [1.807, 2.05) is 0 Å². The van der Waals surface area contributed by atoms with Gasteiger partial charge in [-0.2, -0.15) is 0 Å². The molecule has 0 bridgehead atoms. The van der Waals surface area contributed by atoms with Crippen LogP contribution < -0.4 is 5.32 Å². The Kier molecular flexibility index (Phi) is 5.17. The highest BCUT2D eigenvalue weighted by Gasteiger charge is 2.16. The van der Waals surface area contributed by atoms with Gasteiger partial charge in [0.05, 0.1) is 5.69 Å². The molecule has 2 rings (SSSR count). The molecule has 1 aromatic heterocycles. The number of nitrogens with one attached hydrogen (secondary N) is 1. The highest BCUT2D eigenvalue weighted by atomic mass is 79.9. The number of aryl methyl sites for hydroxylation is 1. The normalized spacial score (nSPS) is 11.9. The zero-order chi connectivity index (χ0) is 15.6. The van der Waals surface area contributed by atoms with Gasteiger partial charge in [0.1, 0.15) is 10.8 Å². The van der Waals surface area contributed by atoms with Crippen molar-refractivity contribution in [1.29, 1.82) is 0 Å². The van der Waals surface area contributed by atoms with Gasteiger partial charge in [0, 0.05) is 27.0 Å². The first kappa shape index (κ1) is 16.6. The number of halogens is 2. The minimum atomic E-state index is -0.240. The maximum atomic E-state index is 13.5. The number of benzene rings is 1. The molecule has 2 nitrogen and oxygen atoms in total. The highest BCUT2D eigenvalue weighted by molar-refractivity contribution is 9.10. The maximum absolute atomic E-state index is 13.5. The second-order valence-electron chi connectivity index (χ2n) is 5.97. The summed E-state index contributed by atoms with van der Waals surface area (Å²) in [7, 11) is 0. The van der Waals surface area contributed by atoms with Gasteiger partial charge in [-0.1, -0.05) is 22.9 Å². The van der Waals surface area contributed by atoms with Crippen molar-refractivity contribution >= 4 is 27.3 Å². The minimum absolute atomic E-state index is 0.0641. The fraction of sp³-hybridized carbons (Fsp3) is 0.438. The summed E-state index contributed by atoms with van der Waals surface area (Å²) in [5.41, 5.74) is 1.97. The summed E-state index contributed by atoms with van der Waals surface area (Å²) in [6, 6.07) is 4.71. The van der Waals surface area contributed by atoms with Crippen LogP contribution in [0.5, 0.6) is 0 Å². The van der Waals surface area contributed by atoms with Crippen molar-refractivity contribution in [1.82, 2.24) is 10.3 Å². The van der Waals surface area contributed by atoms with Crippen molar-refractivity contribution < 1.29 is 4.39 Å². The van der Waals surface area contributed by atoms with Gasteiger partial charge in [-0.3, -0.25) is 0 Å². The Balaban J connectivity index is 2.34. The molecule has 1 aromatic carbocycles. The number of thiazole rings is 1. The predicted molar refractivity (Wildman–Crippen MR) is 91.2 cm³/mol. The van der Waals surface area contributed by atoms with Gasteiger partial charge in [0.15, 0.2) is 0 Å². The Bertz CT molecular complexity index is 632. The molecule has 21 heavy (non-hydrogen) atoms. The van der Waals surface area contributed by atoms with Crippen molar-refractivity contribution in [3.8, 4) is 10.6 Å². The zero-order valence-electron chi connectivity index (χ0n) is 12.8. The van der Waals surface area contributed by atoms with Crippen molar-refractivity contribution in [3.63, 3.8) is 0 Å². The van der Waals surface area contributed by atoms with Gasteiger partial charge in [0.25, 0.3) is 0 Å². The molecule has 0 fully saturated rings. The van der Waals surface area contributed by atoms with Crippen LogP contribution >= 0.6 is 27.3 Å². The molecule has 0 aliphatic heterocycles. The largest absolute Gasteiger partial charge is 0.307 e. The third-order valence-corrected chi connectivity index (χ3v) is 4.87. The predicted octanol–water partition coefficient (Wildman–Crippen LogP) is 5.16.